The van der Waals surface area contributed by atoms with Gasteiger partial charge in [0.25, 0.3) is 0 Å². The van der Waals surface area contributed by atoms with Gasteiger partial charge in [0.15, 0.2) is 16.6 Å². The van der Waals surface area contributed by atoms with E-state index in [0.29, 0.717) is 29.6 Å². The van der Waals surface area contributed by atoms with Gasteiger partial charge >= 0.3 is 5.97 Å². The summed E-state index contributed by atoms with van der Waals surface area (Å²) in [6.07, 6.45) is 14.3. The van der Waals surface area contributed by atoms with Crippen molar-refractivity contribution in [2.45, 2.75) is 150 Å². The van der Waals surface area contributed by atoms with Crippen molar-refractivity contribution in [3.63, 3.8) is 0 Å². The van der Waals surface area contributed by atoms with Gasteiger partial charge < -0.3 is 18.0 Å². The van der Waals surface area contributed by atoms with E-state index in [1.807, 2.05) is 6.92 Å². The van der Waals surface area contributed by atoms with Gasteiger partial charge in [-0.25, -0.2) is 0 Å². The zero-order valence-corrected chi connectivity index (χ0v) is 34.5. The van der Waals surface area contributed by atoms with Crippen LogP contribution in [0.4, 0.5) is 0 Å². The summed E-state index contributed by atoms with van der Waals surface area (Å²) in [7, 11) is -3.79. The van der Waals surface area contributed by atoms with Crippen LogP contribution >= 0.6 is 0 Å². The number of allylic oxidation sites excluding steroid dienone is 2. The van der Waals surface area contributed by atoms with E-state index in [1.165, 1.54) is 20.0 Å². The van der Waals surface area contributed by atoms with Crippen molar-refractivity contribution in [2.75, 3.05) is 7.11 Å². The lowest BCUT2D eigenvalue weighted by atomic mass is 9.45. The highest BCUT2D eigenvalue weighted by atomic mass is 28.4. The number of hydrogen-bond acceptors (Lipinski definition) is 5. The minimum absolute atomic E-state index is 0.0292. The number of hydrogen-bond donors (Lipinski definition) is 0. The summed E-state index contributed by atoms with van der Waals surface area (Å²) >= 11 is 0. The van der Waals surface area contributed by atoms with Crippen molar-refractivity contribution >= 4 is 30.9 Å². The van der Waals surface area contributed by atoms with Gasteiger partial charge in [0.05, 0.1) is 31.0 Å². The number of methoxy groups -OCH3 is 1. The van der Waals surface area contributed by atoms with E-state index < -0.39 is 25.0 Å². The standard InChI is InChI=1S/C37H68O5Si3/c1-25(16-15-17-26(2)35(38)39-5)29-18-19-30-34-31(24-33(37(29,30)4)42-45(12,13)14)36(3)21-20-28(40-43(6,7)8)22-27(36)23-32(34)41-44(9,10)11/h20,22,25-26,29-34H,15-19,21,23-24H2,1-14H3/t25?,26?,29-,30?,31?,32-,33+,34?,36+,37-/m1/s1. The third-order valence-electron chi connectivity index (χ3n) is 11.9. The average molecular weight is 677 g/mol. The molecule has 0 radical (unpaired) electrons. The van der Waals surface area contributed by atoms with E-state index in [9.17, 15) is 4.79 Å². The molecule has 0 aromatic carbocycles. The third kappa shape index (κ3) is 8.14. The molecule has 4 rings (SSSR count). The molecule has 0 amide bonds. The molecule has 0 aromatic rings. The summed E-state index contributed by atoms with van der Waals surface area (Å²) in [6, 6.07) is 0. The number of ether oxygens (including phenoxy) is 1. The number of rotatable bonds is 12. The fraction of sp³-hybridized carbons (Fsp3) is 0.865. The molecule has 5 nitrogen and oxygen atoms in total. The molecule has 8 heteroatoms. The molecular weight excluding hydrogens is 609 g/mol. The first-order chi connectivity index (χ1) is 20.6. The van der Waals surface area contributed by atoms with Gasteiger partial charge in [0.1, 0.15) is 0 Å². The highest BCUT2D eigenvalue weighted by molar-refractivity contribution is 6.70. The summed E-state index contributed by atoms with van der Waals surface area (Å²) in [4.78, 5) is 12.1. The van der Waals surface area contributed by atoms with Crippen molar-refractivity contribution in [3.05, 3.63) is 23.5 Å². The predicted octanol–water partition coefficient (Wildman–Crippen LogP) is 10.2. The molecule has 45 heavy (non-hydrogen) atoms. The van der Waals surface area contributed by atoms with Crippen LogP contribution in [0.15, 0.2) is 23.5 Å². The third-order valence-corrected chi connectivity index (χ3v) is 14.8. The second-order valence-corrected chi connectivity index (χ2v) is 32.1. The fourth-order valence-corrected chi connectivity index (χ4v) is 13.3. The molecule has 0 heterocycles. The molecular formula is C37H68O5Si3. The topological polar surface area (TPSA) is 54.0 Å². The molecule has 10 atom stereocenters. The van der Waals surface area contributed by atoms with Crippen molar-refractivity contribution in [1.29, 1.82) is 0 Å². The van der Waals surface area contributed by atoms with Crippen LogP contribution in [0.2, 0.25) is 58.9 Å². The second kappa shape index (κ2) is 13.3. The minimum Gasteiger partial charge on any atom is -0.545 e. The summed E-state index contributed by atoms with van der Waals surface area (Å²) in [5.41, 5.74) is 1.80. The van der Waals surface area contributed by atoms with E-state index in [0.717, 1.165) is 44.3 Å². The van der Waals surface area contributed by atoms with E-state index in [4.69, 9.17) is 18.0 Å². The lowest BCUT2D eigenvalue weighted by Gasteiger charge is -2.63. The maximum absolute atomic E-state index is 12.1. The van der Waals surface area contributed by atoms with Gasteiger partial charge in [-0.1, -0.05) is 46.1 Å². The van der Waals surface area contributed by atoms with Crippen LogP contribution in [0.3, 0.4) is 0 Å². The Kier molecular flexibility index (Phi) is 11.0. The molecule has 4 aliphatic rings. The Balaban J connectivity index is 1.70. The first-order valence-electron chi connectivity index (χ1n) is 18.1. The zero-order valence-electron chi connectivity index (χ0n) is 31.5. The summed E-state index contributed by atoms with van der Waals surface area (Å²) in [5, 5.41) is 0. The van der Waals surface area contributed by atoms with Gasteiger partial charge in [-0.05, 0) is 150 Å². The molecule has 3 fully saturated rings. The van der Waals surface area contributed by atoms with Gasteiger partial charge in [-0.3, -0.25) is 4.79 Å². The lowest BCUT2D eigenvalue weighted by Crippen LogP contribution is -2.62. The largest absolute Gasteiger partial charge is 0.545 e. The van der Waals surface area contributed by atoms with Crippen molar-refractivity contribution in [2.24, 2.45) is 46.3 Å². The monoisotopic (exact) mass is 676 g/mol. The maximum atomic E-state index is 12.1. The normalized spacial score (nSPS) is 36.6. The maximum Gasteiger partial charge on any atom is 0.308 e. The van der Waals surface area contributed by atoms with Gasteiger partial charge in [-0.2, -0.15) is 0 Å². The van der Waals surface area contributed by atoms with E-state index >= 15 is 0 Å². The summed E-state index contributed by atoms with van der Waals surface area (Å²) in [6.45, 7) is 30.8. The van der Waals surface area contributed by atoms with Crippen molar-refractivity contribution < 1.29 is 22.8 Å². The van der Waals surface area contributed by atoms with Crippen LogP contribution in [0.5, 0.6) is 0 Å². The number of esters is 1. The first kappa shape index (κ1) is 37.1. The molecule has 0 bridgehead atoms. The molecule has 0 saturated heterocycles. The number of carbonyl (C=O) groups excluding carboxylic acids is 1. The van der Waals surface area contributed by atoms with Crippen LogP contribution in [-0.4, -0.2) is 50.2 Å². The van der Waals surface area contributed by atoms with Crippen LogP contribution in [-0.2, 0) is 22.8 Å². The van der Waals surface area contributed by atoms with Crippen molar-refractivity contribution in [1.82, 2.24) is 0 Å². The van der Waals surface area contributed by atoms with Crippen LogP contribution < -0.4 is 0 Å². The van der Waals surface area contributed by atoms with E-state index in [2.05, 4.69) is 91.8 Å². The highest BCUT2D eigenvalue weighted by Gasteiger charge is 2.66. The molecule has 0 spiro atoms. The number of fused-ring (bicyclic) bond motifs is 5. The molecule has 5 unspecified atom stereocenters. The summed E-state index contributed by atoms with van der Waals surface area (Å²) < 4.78 is 26.2. The Morgan fingerprint density at radius 1 is 0.911 bits per heavy atom. The minimum atomic E-state index is -1.81. The highest BCUT2D eigenvalue weighted by Crippen LogP contribution is 2.69. The lowest BCUT2D eigenvalue weighted by molar-refractivity contribution is -0.157. The van der Waals surface area contributed by atoms with Crippen LogP contribution in [0.1, 0.15) is 79.1 Å². The Morgan fingerprint density at radius 2 is 1.56 bits per heavy atom. The smallest absolute Gasteiger partial charge is 0.308 e. The van der Waals surface area contributed by atoms with Gasteiger partial charge in [0.2, 0.25) is 8.32 Å². The second-order valence-electron chi connectivity index (χ2n) is 18.7. The Labute approximate surface area is 280 Å². The summed E-state index contributed by atoms with van der Waals surface area (Å²) in [5.74, 6) is 3.89. The van der Waals surface area contributed by atoms with E-state index in [-0.39, 0.29) is 34.9 Å². The van der Waals surface area contributed by atoms with Crippen molar-refractivity contribution in [3.8, 4) is 0 Å². The molecule has 4 aliphatic carbocycles. The number of carbonyl (C=O) groups is 1. The zero-order chi connectivity index (χ0) is 33.8. The average Bonchev–Trinajstić information content (AvgIpc) is 3.25. The molecule has 0 aromatic heterocycles. The molecule has 3 saturated carbocycles. The fourth-order valence-electron chi connectivity index (χ4n) is 10.1. The first-order valence-corrected chi connectivity index (χ1v) is 28.3. The Hall–Kier alpha value is -0.679. The van der Waals surface area contributed by atoms with Gasteiger partial charge in [-0.15, -0.1) is 0 Å². The predicted molar refractivity (Wildman–Crippen MR) is 194 cm³/mol. The molecule has 0 aliphatic heterocycles. The van der Waals surface area contributed by atoms with Crippen LogP contribution in [0, 0.1) is 46.3 Å². The molecule has 0 N–H and O–H groups in total. The van der Waals surface area contributed by atoms with E-state index in [1.54, 1.807) is 5.57 Å². The molecule has 258 valence electrons. The SMILES string of the molecule is COC(=O)C(C)CCCC(C)[C@H]1CCC2C3C(C[C@H](O[Si](C)(C)C)[C@@]21C)[C@@]1(C)CC=C(O[Si](C)(C)C)C=C1C[C@H]3O[Si](C)(C)C. The van der Waals surface area contributed by atoms with Crippen LogP contribution in [0.25, 0.3) is 0 Å². The quantitative estimate of drug-likeness (QED) is 0.152. The Morgan fingerprint density at radius 3 is 2.13 bits per heavy atom. The Bertz CT molecular complexity index is 1130. The van der Waals surface area contributed by atoms with Gasteiger partial charge in [0, 0.05) is 0 Å².